The molecule has 42 valence electrons. The largest absolute Gasteiger partial charge is 0.358 e. The van der Waals surface area contributed by atoms with Crippen molar-refractivity contribution < 1.29 is 17.1 Å². The molecule has 0 aliphatic rings. The molecule has 0 bridgehead atoms. The molecule has 0 atom stereocenters. The maximum absolute atomic E-state index is 2.00. The van der Waals surface area contributed by atoms with E-state index in [1.54, 1.807) is 0 Å². The molecule has 1 heteroatoms. The fourth-order valence-electron chi connectivity index (χ4n) is 0.321. The zero-order valence-electron chi connectivity index (χ0n) is 4.24. The molecule has 0 heterocycles. The third kappa shape index (κ3) is 3.71. The van der Waals surface area contributed by atoms with Gasteiger partial charge in [0.25, 0.3) is 0 Å². The second kappa shape index (κ2) is 5.87. The summed E-state index contributed by atoms with van der Waals surface area (Å²) in [6.45, 7) is 0. The van der Waals surface area contributed by atoms with E-state index in [9.17, 15) is 0 Å². The fraction of sp³-hybridized carbons (Fsp3) is 0. The molecule has 1 aromatic rings. The molecule has 7 heavy (non-hydrogen) atoms. The average Bonchev–Trinajstić information content (AvgIpc) is 1.76. The maximum Gasteiger partial charge on any atom is 0 e. The topological polar surface area (TPSA) is 0 Å². The van der Waals surface area contributed by atoms with Gasteiger partial charge >= 0.3 is 0 Å². The van der Waals surface area contributed by atoms with Gasteiger partial charge in [-0.1, -0.05) is 0 Å². The van der Waals surface area contributed by atoms with E-state index in [1.807, 2.05) is 30.3 Å². The summed E-state index contributed by atoms with van der Waals surface area (Å²) in [5.74, 6) is 0. The van der Waals surface area contributed by atoms with Crippen molar-refractivity contribution in [3.8, 4) is 0 Å². The Balaban J connectivity index is 0. The molecule has 0 amide bonds. The normalized spacial score (nSPS) is 5.71. The van der Waals surface area contributed by atoms with E-state index in [2.05, 4.69) is 0 Å². The minimum atomic E-state index is 0. The molecular weight excluding hydrogens is 128 g/mol. The van der Waals surface area contributed by atoms with Crippen molar-refractivity contribution in [1.29, 1.82) is 0 Å². The molecule has 0 saturated carbocycles. The van der Waals surface area contributed by atoms with Crippen LogP contribution in [0.2, 0.25) is 0 Å². The van der Waals surface area contributed by atoms with Crippen molar-refractivity contribution in [3.05, 3.63) is 37.8 Å². The standard InChI is InChI=1S/C5H5.CH3.Fe/c1-2-4-5-3-1;;/h1-5H;1H3;/q2*-1;. The first kappa shape index (κ1) is 9.98. The van der Waals surface area contributed by atoms with E-state index in [0.29, 0.717) is 0 Å². The molecule has 0 fully saturated rings. The molecule has 0 aliphatic heterocycles. The van der Waals surface area contributed by atoms with Crippen LogP contribution in [0.4, 0.5) is 0 Å². The van der Waals surface area contributed by atoms with E-state index in [4.69, 9.17) is 0 Å². The Kier molecular flexibility index (Phi) is 8.37. The molecule has 0 aliphatic carbocycles. The Morgan fingerprint density at radius 1 is 1.00 bits per heavy atom. The monoisotopic (exact) mass is 136 g/mol. The summed E-state index contributed by atoms with van der Waals surface area (Å²) in [6, 6.07) is 10.0. The molecule has 0 unspecified atom stereocenters. The van der Waals surface area contributed by atoms with Gasteiger partial charge in [-0.05, 0) is 0 Å². The number of hydrogen-bond acceptors (Lipinski definition) is 0. The second-order valence-electron chi connectivity index (χ2n) is 0.962. The third-order valence-corrected chi connectivity index (χ3v) is 0.556. The van der Waals surface area contributed by atoms with E-state index in [-0.39, 0.29) is 24.5 Å². The van der Waals surface area contributed by atoms with E-state index < -0.39 is 0 Å². The van der Waals surface area contributed by atoms with Crippen molar-refractivity contribution in [3.63, 3.8) is 0 Å². The van der Waals surface area contributed by atoms with Gasteiger partial charge in [0.05, 0.1) is 0 Å². The summed E-state index contributed by atoms with van der Waals surface area (Å²) in [5.41, 5.74) is 0. The Morgan fingerprint density at radius 2 is 1.43 bits per heavy atom. The van der Waals surface area contributed by atoms with Gasteiger partial charge in [0.15, 0.2) is 0 Å². The molecular formula is C6H8Fe-2. The van der Waals surface area contributed by atoms with Gasteiger partial charge in [0.1, 0.15) is 0 Å². The average molecular weight is 136 g/mol. The third-order valence-electron chi connectivity index (χ3n) is 0.556. The van der Waals surface area contributed by atoms with Crippen LogP contribution in [0.25, 0.3) is 0 Å². The number of hydrogen-bond donors (Lipinski definition) is 0. The van der Waals surface area contributed by atoms with Crippen LogP contribution in [0.3, 0.4) is 0 Å². The molecule has 0 spiro atoms. The van der Waals surface area contributed by atoms with Crippen molar-refractivity contribution >= 4 is 0 Å². The predicted octanol–water partition coefficient (Wildman–Crippen LogP) is 1.85. The first-order valence-corrected chi connectivity index (χ1v) is 1.67. The molecule has 1 aromatic carbocycles. The zero-order valence-corrected chi connectivity index (χ0v) is 5.34. The first-order valence-electron chi connectivity index (χ1n) is 1.67. The molecule has 0 N–H and O–H groups in total. The first-order chi connectivity index (χ1) is 2.50. The summed E-state index contributed by atoms with van der Waals surface area (Å²) in [5, 5.41) is 0. The molecule has 0 nitrogen and oxygen atoms in total. The Bertz CT molecular complexity index is 60.7. The molecule has 0 saturated heterocycles. The SMILES string of the molecule is [CH3-].[Fe].c1cc[cH-]c1. The van der Waals surface area contributed by atoms with Gasteiger partial charge in [-0.15, -0.1) is 0 Å². The van der Waals surface area contributed by atoms with Crippen LogP contribution in [-0.2, 0) is 17.1 Å². The van der Waals surface area contributed by atoms with Crippen molar-refractivity contribution in [2.24, 2.45) is 0 Å². The molecule has 1 rings (SSSR count). The van der Waals surface area contributed by atoms with Crippen LogP contribution in [0.1, 0.15) is 0 Å². The van der Waals surface area contributed by atoms with Crippen molar-refractivity contribution in [2.45, 2.75) is 0 Å². The van der Waals surface area contributed by atoms with Crippen LogP contribution < -0.4 is 0 Å². The minimum absolute atomic E-state index is 0. The molecule has 0 radical (unpaired) electrons. The number of rotatable bonds is 0. The van der Waals surface area contributed by atoms with Gasteiger partial charge in [-0.3, -0.25) is 0 Å². The van der Waals surface area contributed by atoms with Gasteiger partial charge < -0.3 is 7.43 Å². The van der Waals surface area contributed by atoms with Crippen LogP contribution in [0.5, 0.6) is 0 Å². The minimum Gasteiger partial charge on any atom is -0.358 e. The van der Waals surface area contributed by atoms with E-state index in [0.717, 1.165) is 0 Å². The summed E-state index contributed by atoms with van der Waals surface area (Å²) < 4.78 is 0. The zero-order chi connectivity index (χ0) is 3.54. The summed E-state index contributed by atoms with van der Waals surface area (Å²) >= 11 is 0. The Hall–Kier alpha value is -0.131. The Morgan fingerprint density at radius 3 is 1.57 bits per heavy atom. The fourth-order valence-corrected chi connectivity index (χ4v) is 0.321. The van der Waals surface area contributed by atoms with Crippen LogP contribution in [0.15, 0.2) is 30.3 Å². The second-order valence-corrected chi connectivity index (χ2v) is 0.962. The smallest absolute Gasteiger partial charge is 0 e. The van der Waals surface area contributed by atoms with Crippen LogP contribution in [0, 0.1) is 7.43 Å². The van der Waals surface area contributed by atoms with E-state index >= 15 is 0 Å². The van der Waals surface area contributed by atoms with Crippen molar-refractivity contribution in [2.75, 3.05) is 0 Å². The summed E-state index contributed by atoms with van der Waals surface area (Å²) in [7, 11) is 0. The van der Waals surface area contributed by atoms with Gasteiger partial charge in [-0.25, -0.2) is 12.1 Å². The Labute approximate surface area is 55.4 Å². The maximum atomic E-state index is 2.00. The van der Waals surface area contributed by atoms with Gasteiger partial charge in [-0.2, -0.15) is 18.2 Å². The summed E-state index contributed by atoms with van der Waals surface area (Å²) in [4.78, 5) is 0. The van der Waals surface area contributed by atoms with E-state index in [1.165, 1.54) is 0 Å². The van der Waals surface area contributed by atoms with Gasteiger partial charge in [0.2, 0.25) is 0 Å². The van der Waals surface area contributed by atoms with Crippen LogP contribution >= 0.6 is 0 Å². The quantitative estimate of drug-likeness (QED) is 0.377. The van der Waals surface area contributed by atoms with Gasteiger partial charge in [0, 0.05) is 17.1 Å². The van der Waals surface area contributed by atoms with Crippen molar-refractivity contribution in [1.82, 2.24) is 0 Å². The molecule has 0 aromatic heterocycles. The summed E-state index contributed by atoms with van der Waals surface area (Å²) in [6.07, 6.45) is 0. The van der Waals surface area contributed by atoms with Crippen LogP contribution in [-0.4, -0.2) is 0 Å². The predicted molar refractivity (Wildman–Crippen MR) is 28.4 cm³/mol.